The number of nitrogens with one attached hydrogen (secondary N) is 1. The van der Waals surface area contributed by atoms with E-state index in [4.69, 9.17) is 10.9 Å². The molecule has 0 unspecified atom stereocenters. The molecule has 0 atom stereocenters. The first kappa shape index (κ1) is 5.97. The quantitative estimate of drug-likeness (QED) is 0.225. The minimum Gasteiger partial charge on any atom is -0.404 e. The van der Waals surface area contributed by atoms with Gasteiger partial charge in [0.1, 0.15) is 0 Å². The van der Waals surface area contributed by atoms with E-state index < -0.39 is 5.91 Å². The molecule has 0 bridgehead atoms. The lowest BCUT2D eigenvalue weighted by molar-refractivity contribution is -0.124. The Bertz CT molecular complexity index is 88.9. The Morgan fingerprint density at radius 2 is 2.43 bits per heavy atom. The molecule has 4 nitrogen and oxygen atoms in total. The third-order valence-corrected chi connectivity index (χ3v) is 0.358. The van der Waals surface area contributed by atoms with Crippen LogP contribution >= 0.6 is 0 Å². The maximum atomic E-state index is 9.88. The highest BCUT2D eigenvalue weighted by Crippen LogP contribution is 1.60. The van der Waals surface area contributed by atoms with Crippen LogP contribution in [0.15, 0.2) is 12.3 Å². The van der Waals surface area contributed by atoms with E-state index in [-0.39, 0.29) is 0 Å². The smallest absolute Gasteiger partial charge is 0.268 e. The summed E-state index contributed by atoms with van der Waals surface area (Å²) in [7, 11) is 0. The monoisotopic (exact) mass is 102 g/mol. The van der Waals surface area contributed by atoms with Gasteiger partial charge >= 0.3 is 0 Å². The van der Waals surface area contributed by atoms with Crippen molar-refractivity contribution in [3.8, 4) is 0 Å². The van der Waals surface area contributed by atoms with Gasteiger partial charge < -0.3 is 5.73 Å². The minimum atomic E-state index is -0.623. The van der Waals surface area contributed by atoms with Gasteiger partial charge in [-0.15, -0.1) is 0 Å². The first-order valence-corrected chi connectivity index (χ1v) is 1.63. The van der Waals surface area contributed by atoms with Crippen molar-refractivity contribution >= 4 is 5.91 Å². The highest BCUT2D eigenvalue weighted by Gasteiger charge is 1.83. The van der Waals surface area contributed by atoms with E-state index in [0.717, 1.165) is 12.3 Å². The fraction of sp³-hybridized carbons (Fsp3) is 0. The number of carbonyl (C=O) groups excluding carboxylic acids is 1. The number of carbonyl (C=O) groups is 1. The van der Waals surface area contributed by atoms with Crippen LogP contribution in [0, 0.1) is 0 Å². The lowest BCUT2D eigenvalue weighted by Crippen LogP contribution is -2.15. The molecule has 40 valence electrons. The molecular weight excluding hydrogens is 96.0 g/mol. The summed E-state index contributed by atoms with van der Waals surface area (Å²) in [5, 5.41) is 7.76. The summed E-state index contributed by atoms with van der Waals surface area (Å²) < 4.78 is 0. The van der Waals surface area contributed by atoms with Crippen molar-refractivity contribution in [3.63, 3.8) is 0 Å². The Labute approximate surface area is 40.6 Å². The summed E-state index contributed by atoms with van der Waals surface area (Å²) in [6.07, 6.45) is 2.03. The number of rotatable bonds is 1. The zero-order valence-electron chi connectivity index (χ0n) is 3.59. The average molecular weight is 102 g/mol. The van der Waals surface area contributed by atoms with Gasteiger partial charge in [0.05, 0.1) is 0 Å². The van der Waals surface area contributed by atoms with E-state index in [1.807, 2.05) is 0 Å². The Morgan fingerprint density at radius 1 is 1.86 bits per heavy atom. The maximum absolute atomic E-state index is 9.88. The zero-order valence-corrected chi connectivity index (χ0v) is 3.59. The van der Waals surface area contributed by atoms with E-state index in [1.165, 1.54) is 5.48 Å². The van der Waals surface area contributed by atoms with Gasteiger partial charge in [0.25, 0.3) is 5.91 Å². The molecule has 0 aromatic heterocycles. The van der Waals surface area contributed by atoms with Gasteiger partial charge in [-0.05, 0) is 6.20 Å². The standard InChI is InChI=1S/C3H6N2O2/c4-2-1-3(6)5-7/h1-2,7H,4H2,(H,5,6)/b2-1+. The second kappa shape index (κ2) is 3.17. The largest absolute Gasteiger partial charge is 0.404 e. The lowest BCUT2D eigenvalue weighted by atomic mass is 10.6. The molecule has 0 aromatic carbocycles. The average Bonchev–Trinajstić information content (AvgIpc) is 1.68. The summed E-state index contributed by atoms with van der Waals surface area (Å²) in [4.78, 5) is 9.88. The fourth-order valence-electron chi connectivity index (χ4n) is 0.125. The summed E-state index contributed by atoms with van der Waals surface area (Å²) in [5.74, 6) is -0.623. The lowest BCUT2D eigenvalue weighted by Gasteiger charge is -1.83. The molecule has 4 heteroatoms. The Balaban J connectivity index is 3.37. The zero-order chi connectivity index (χ0) is 5.70. The molecule has 0 spiro atoms. The predicted molar refractivity (Wildman–Crippen MR) is 23.3 cm³/mol. The molecule has 7 heavy (non-hydrogen) atoms. The third-order valence-electron chi connectivity index (χ3n) is 0.358. The number of hydrogen-bond donors (Lipinski definition) is 3. The van der Waals surface area contributed by atoms with Gasteiger partial charge in [-0.2, -0.15) is 0 Å². The van der Waals surface area contributed by atoms with E-state index in [1.54, 1.807) is 0 Å². The van der Waals surface area contributed by atoms with Gasteiger partial charge in [0.2, 0.25) is 0 Å². The second-order valence-electron chi connectivity index (χ2n) is 0.835. The van der Waals surface area contributed by atoms with Crippen LogP contribution in [-0.4, -0.2) is 11.1 Å². The van der Waals surface area contributed by atoms with E-state index in [2.05, 4.69) is 0 Å². The topological polar surface area (TPSA) is 75.4 Å². The van der Waals surface area contributed by atoms with Crippen LogP contribution in [0.4, 0.5) is 0 Å². The molecule has 0 saturated heterocycles. The highest BCUT2D eigenvalue weighted by atomic mass is 16.5. The van der Waals surface area contributed by atoms with Crippen molar-refractivity contribution in [3.05, 3.63) is 12.3 Å². The van der Waals surface area contributed by atoms with Crippen LogP contribution in [-0.2, 0) is 4.79 Å². The van der Waals surface area contributed by atoms with Crippen LogP contribution in [0.3, 0.4) is 0 Å². The minimum absolute atomic E-state index is 0.623. The molecule has 0 aliphatic carbocycles. The Hall–Kier alpha value is -1.03. The van der Waals surface area contributed by atoms with Crippen LogP contribution < -0.4 is 11.2 Å². The molecule has 1 amide bonds. The summed E-state index contributed by atoms with van der Waals surface area (Å²) >= 11 is 0. The van der Waals surface area contributed by atoms with Crippen molar-refractivity contribution in [2.45, 2.75) is 0 Å². The maximum Gasteiger partial charge on any atom is 0.268 e. The van der Waals surface area contributed by atoms with Crippen molar-refractivity contribution in [1.29, 1.82) is 0 Å². The molecule has 0 saturated carbocycles. The Kier molecular flexibility index (Phi) is 2.70. The number of nitrogens with two attached hydrogens (primary N) is 1. The molecule has 0 radical (unpaired) electrons. The highest BCUT2D eigenvalue weighted by molar-refractivity contribution is 5.86. The second-order valence-corrected chi connectivity index (χ2v) is 0.835. The SMILES string of the molecule is N/C=C/C(=O)NO. The molecule has 0 fully saturated rings. The molecule has 0 heterocycles. The van der Waals surface area contributed by atoms with Crippen molar-refractivity contribution in [2.75, 3.05) is 0 Å². The van der Waals surface area contributed by atoms with E-state index in [9.17, 15) is 4.79 Å². The van der Waals surface area contributed by atoms with Crippen LogP contribution in [0.5, 0.6) is 0 Å². The summed E-state index contributed by atoms with van der Waals surface area (Å²) in [6, 6.07) is 0. The summed E-state index contributed by atoms with van der Waals surface area (Å²) in [5.41, 5.74) is 6.11. The third kappa shape index (κ3) is 2.78. The first-order valence-electron chi connectivity index (χ1n) is 1.63. The van der Waals surface area contributed by atoms with Crippen molar-refractivity contribution < 1.29 is 10.0 Å². The van der Waals surface area contributed by atoms with Gasteiger partial charge in [0, 0.05) is 6.08 Å². The van der Waals surface area contributed by atoms with Gasteiger partial charge in [0.15, 0.2) is 0 Å². The van der Waals surface area contributed by atoms with E-state index >= 15 is 0 Å². The Morgan fingerprint density at radius 3 is 2.57 bits per heavy atom. The van der Waals surface area contributed by atoms with E-state index in [0.29, 0.717) is 0 Å². The normalized spacial score (nSPS) is 9.29. The predicted octanol–water partition coefficient (Wildman–Crippen LogP) is -1.04. The molecule has 4 N–H and O–H groups in total. The fourth-order valence-corrected chi connectivity index (χ4v) is 0.125. The van der Waals surface area contributed by atoms with Crippen LogP contribution in [0.1, 0.15) is 0 Å². The molecular formula is C3H6N2O2. The van der Waals surface area contributed by atoms with Crippen LogP contribution in [0.25, 0.3) is 0 Å². The van der Waals surface area contributed by atoms with Gasteiger partial charge in [-0.3, -0.25) is 10.0 Å². The number of hydroxylamine groups is 1. The first-order chi connectivity index (χ1) is 3.31. The summed E-state index contributed by atoms with van der Waals surface area (Å²) in [6.45, 7) is 0. The van der Waals surface area contributed by atoms with Gasteiger partial charge in [-0.1, -0.05) is 0 Å². The van der Waals surface area contributed by atoms with Crippen LogP contribution in [0.2, 0.25) is 0 Å². The van der Waals surface area contributed by atoms with Crippen molar-refractivity contribution in [2.24, 2.45) is 5.73 Å². The number of amides is 1. The number of hydrogen-bond acceptors (Lipinski definition) is 3. The molecule has 0 aliphatic heterocycles. The molecule has 0 aliphatic rings. The molecule has 0 rings (SSSR count). The molecule has 0 aromatic rings. The van der Waals surface area contributed by atoms with Gasteiger partial charge in [-0.25, -0.2) is 5.48 Å². The van der Waals surface area contributed by atoms with Crippen molar-refractivity contribution in [1.82, 2.24) is 5.48 Å².